The van der Waals surface area contributed by atoms with Crippen LogP contribution in [0, 0.1) is 0 Å². The largest absolute Gasteiger partial charge is 0.443 e. The van der Waals surface area contributed by atoms with Gasteiger partial charge in [0, 0.05) is 17.6 Å². The SMILES string of the molecule is CCN(C(=O)OC(C)(C)C)c1nc2[nH]c(C(C)C)cc2c2[nH]cnc12. The third-order valence-electron chi connectivity index (χ3n) is 3.96. The predicted octanol–water partition coefficient (Wildman–Crippen LogP) is 4.32. The number of fused-ring (bicyclic) bond motifs is 3. The van der Waals surface area contributed by atoms with Gasteiger partial charge in [-0.1, -0.05) is 13.8 Å². The molecule has 3 aromatic heterocycles. The van der Waals surface area contributed by atoms with Crippen LogP contribution in [0.3, 0.4) is 0 Å². The van der Waals surface area contributed by atoms with E-state index in [0.29, 0.717) is 23.8 Å². The van der Waals surface area contributed by atoms with Crippen molar-refractivity contribution in [1.82, 2.24) is 19.9 Å². The average molecular weight is 343 g/mol. The van der Waals surface area contributed by atoms with E-state index in [9.17, 15) is 4.79 Å². The van der Waals surface area contributed by atoms with Crippen LogP contribution in [0.2, 0.25) is 0 Å². The summed E-state index contributed by atoms with van der Waals surface area (Å²) in [5.74, 6) is 0.849. The molecule has 0 aliphatic carbocycles. The molecular formula is C18H25N5O2. The Labute approximate surface area is 146 Å². The normalized spacial score (nSPS) is 12.3. The number of rotatable bonds is 3. The summed E-state index contributed by atoms with van der Waals surface area (Å²) in [6.45, 7) is 12.1. The van der Waals surface area contributed by atoms with Crippen molar-refractivity contribution in [2.45, 2.75) is 53.1 Å². The third kappa shape index (κ3) is 3.18. The minimum Gasteiger partial charge on any atom is -0.443 e. The molecule has 1 amide bonds. The molecule has 0 fully saturated rings. The zero-order valence-corrected chi connectivity index (χ0v) is 15.6. The molecule has 0 spiro atoms. The minimum absolute atomic E-state index is 0.351. The number of aromatic nitrogens is 4. The number of H-pyrrole nitrogens is 2. The zero-order chi connectivity index (χ0) is 18.4. The van der Waals surface area contributed by atoms with E-state index >= 15 is 0 Å². The Morgan fingerprint density at radius 2 is 2.08 bits per heavy atom. The van der Waals surface area contributed by atoms with Crippen molar-refractivity contribution in [1.29, 1.82) is 0 Å². The Balaban J connectivity index is 2.16. The van der Waals surface area contributed by atoms with E-state index in [1.807, 2.05) is 27.7 Å². The monoisotopic (exact) mass is 343 g/mol. The molecule has 2 N–H and O–H groups in total. The topological polar surface area (TPSA) is 86.9 Å². The van der Waals surface area contributed by atoms with Gasteiger partial charge in [0.1, 0.15) is 16.8 Å². The van der Waals surface area contributed by atoms with Crippen molar-refractivity contribution < 1.29 is 9.53 Å². The second-order valence-electron chi connectivity index (χ2n) is 7.43. The molecule has 25 heavy (non-hydrogen) atoms. The Morgan fingerprint density at radius 1 is 1.36 bits per heavy atom. The Hall–Kier alpha value is -2.57. The molecule has 0 unspecified atom stereocenters. The molecule has 0 aliphatic heterocycles. The summed E-state index contributed by atoms with van der Waals surface area (Å²) < 4.78 is 5.52. The lowest BCUT2D eigenvalue weighted by Crippen LogP contribution is -2.37. The number of pyridine rings is 1. The van der Waals surface area contributed by atoms with Crippen LogP contribution in [0.25, 0.3) is 22.1 Å². The molecule has 3 heterocycles. The molecule has 0 radical (unpaired) electrons. The molecule has 7 nitrogen and oxygen atoms in total. The lowest BCUT2D eigenvalue weighted by molar-refractivity contribution is 0.0581. The van der Waals surface area contributed by atoms with E-state index in [1.54, 1.807) is 6.33 Å². The first kappa shape index (κ1) is 17.3. The number of carbonyl (C=O) groups excluding carboxylic acids is 1. The second kappa shape index (κ2) is 6.06. The Kier molecular flexibility index (Phi) is 4.18. The highest BCUT2D eigenvalue weighted by atomic mass is 16.6. The highest BCUT2D eigenvalue weighted by molar-refractivity contribution is 6.08. The van der Waals surface area contributed by atoms with Crippen LogP contribution in [0.1, 0.15) is 53.2 Å². The maximum atomic E-state index is 12.6. The molecule has 3 aromatic rings. The molecule has 7 heteroatoms. The highest BCUT2D eigenvalue weighted by Crippen LogP contribution is 2.31. The van der Waals surface area contributed by atoms with Gasteiger partial charge in [-0.05, 0) is 39.7 Å². The lowest BCUT2D eigenvalue weighted by atomic mass is 10.1. The fourth-order valence-electron chi connectivity index (χ4n) is 2.75. The number of nitrogens with one attached hydrogen (secondary N) is 2. The first-order chi connectivity index (χ1) is 11.7. The molecular weight excluding hydrogens is 318 g/mol. The number of aromatic amines is 2. The molecule has 0 aromatic carbocycles. The summed E-state index contributed by atoms with van der Waals surface area (Å²) >= 11 is 0. The molecule has 3 rings (SSSR count). The quantitative estimate of drug-likeness (QED) is 0.741. The molecule has 0 aliphatic rings. The van der Waals surface area contributed by atoms with Crippen LogP contribution in [0.4, 0.5) is 10.6 Å². The van der Waals surface area contributed by atoms with Crippen LogP contribution in [-0.2, 0) is 4.74 Å². The summed E-state index contributed by atoms with van der Waals surface area (Å²) in [6, 6.07) is 2.08. The zero-order valence-electron chi connectivity index (χ0n) is 15.6. The van der Waals surface area contributed by atoms with Crippen molar-refractivity contribution in [2.75, 3.05) is 11.4 Å². The van der Waals surface area contributed by atoms with Gasteiger partial charge in [-0.2, -0.15) is 0 Å². The van der Waals surface area contributed by atoms with Gasteiger partial charge in [0.2, 0.25) is 0 Å². The van der Waals surface area contributed by atoms with E-state index in [1.165, 1.54) is 4.90 Å². The highest BCUT2D eigenvalue weighted by Gasteiger charge is 2.26. The van der Waals surface area contributed by atoms with Gasteiger partial charge in [-0.25, -0.2) is 14.8 Å². The summed E-state index contributed by atoms with van der Waals surface area (Å²) in [5, 5.41) is 0.972. The van der Waals surface area contributed by atoms with Crippen molar-refractivity contribution in [3.63, 3.8) is 0 Å². The Morgan fingerprint density at radius 3 is 2.68 bits per heavy atom. The van der Waals surface area contributed by atoms with Crippen molar-refractivity contribution >= 4 is 34.0 Å². The Bertz CT molecular complexity index is 917. The smallest absolute Gasteiger partial charge is 0.416 e. The number of hydrogen-bond acceptors (Lipinski definition) is 4. The van der Waals surface area contributed by atoms with Gasteiger partial charge in [0.05, 0.1) is 11.8 Å². The van der Waals surface area contributed by atoms with E-state index < -0.39 is 11.7 Å². The predicted molar refractivity (Wildman–Crippen MR) is 99.1 cm³/mol. The van der Waals surface area contributed by atoms with Crippen LogP contribution in [-0.4, -0.2) is 38.2 Å². The van der Waals surface area contributed by atoms with Gasteiger partial charge >= 0.3 is 6.09 Å². The number of ether oxygens (including phenoxy) is 1. The van der Waals surface area contributed by atoms with Gasteiger partial charge in [0.25, 0.3) is 0 Å². The van der Waals surface area contributed by atoms with Gasteiger partial charge in [0.15, 0.2) is 5.82 Å². The van der Waals surface area contributed by atoms with Crippen molar-refractivity contribution in [3.8, 4) is 0 Å². The van der Waals surface area contributed by atoms with Crippen LogP contribution in [0.5, 0.6) is 0 Å². The van der Waals surface area contributed by atoms with E-state index in [4.69, 9.17) is 4.74 Å². The summed E-state index contributed by atoms with van der Waals surface area (Å²) in [5.41, 5.74) is 2.78. The van der Waals surface area contributed by atoms with Crippen LogP contribution in [0.15, 0.2) is 12.4 Å². The second-order valence-corrected chi connectivity index (χ2v) is 7.43. The summed E-state index contributed by atoms with van der Waals surface area (Å²) in [6.07, 6.45) is 1.20. The fourth-order valence-corrected chi connectivity index (χ4v) is 2.75. The first-order valence-electron chi connectivity index (χ1n) is 8.57. The third-order valence-corrected chi connectivity index (χ3v) is 3.96. The van der Waals surface area contributed by atoms with Gasteiger partial charge < -0.3 is 14.7 Å². The van der Waals surface area contributed by atoms with E-state index in [0.717, 1.165) is 22.2 Å². The van der Waals surface area contributed by atoms with Gasteiger partial charge in [-0.15, -0.1) is 0 Å². The van der Waals surface area contributed by atoms with E-state index in [2.05, 4.69) is 39.8 Å². The average Bonchev–Trinajstić information content (AvgIpc) is 3.11. The molecule has 134 valence electrons. The fraction of sp³-hybridized carbons (Fsp3) is 0.500. The van der Waals surface area contributed by atoms with Crippen LogP contribution >= 0.6 is 0 Å². The van der Waals surface area contributed by atoms with Gasteiger partial charge in [-0.3, -0.25) is 4.90 Å². The minimum atomic E-state index is -0.573. The molecule has 0 saturated carbocycles. The standard InChI is InChI=1S/C18H25N5O2/c1-7-23(17(24)25-18(4,5)6)16-14-13(19-9-20-14)11-8-12(10(2)3)21-15(11)22-16/h8-10H,7H2,1-6H3,(H,19,20)(H,21,22). The van der Waals surface area contributed by atoms with E-state index in [-0.39, 0.29) is 0 Å². The maximum absolute atomic E-state index is 12.6. The number of carbonyl (C=O) groups is 1. The lowest BCUT2D eigenvalue weighted by Gasteiger charge is -2.26. The maximum Gasteiger partial charge on any atom is 0.416 e. The van der Waals surface area contributed by atoms with Crippen molar-refractivity contribution in [2.24, 2.45) is 0 Å². The van der Waals surface area contributed by atoms with Crippen molar-refractivity contribution in [3.05, 3.63) is 18.1 Å². The van der Waals surface area contributed by atoms with Crippen LogP contribution < -0.4 is 4.90 Å². The number of nitrogens with zero attached hydrogens (tertiary/aromatic N) is 3. The summed E-state index contributed by atoms with van der Waals surface area (Å²) in [7, 11) is 0. The summed E-state index contributed by atoms with van der Waals surface area (Å²) in [4.78, 5) is 29.7. The molecule has 0 bridgehead atoms. The number of anilines is 1. The molecule has 0 atom stereocenters. The number of hydrogen-bond donors (Lipinski definition) is 2. The molecule has 0 saturated heterocycles. The number of imidazole rings is 1. The number of amides is 1. The first-order valence-corrected chi connectivity index (χ1v) is 8.57.